The predicted molar refractivity (Wildman–Crippen MR) is 112 cm³/mol. The molecule has 0 saturated heterocycles. The molecular formula is C23H26N4O. The van der Waals surface area contributed by atoms with Crippen LogP contribution in [-0.2, 0) is 11.3 Å². The zero-order chi connectivity index (χ0) is 19.8. The van der Waals surface area contributed by atoms with Crippen LogP contribution in [0.2, 0.25) is 0 Å². The average Bonchev–Trinajstić information content (AvgIpc) is 3.09. The van der Waals surface area contributed by atoms with Gasteiger partial charge in [0.25, 0.3) is 0 Å². The fourth-order valence-corrected chi connectivity index (χ4v) is 3.82. The lowest BCUT2D eigenvalue weighted by atomic mass is 9.95. The maximum Gasteiger partial charge on any atom is 0.227 e. The van der Waals surface area contributed by atoms with Crippen molar-refractivity contribution in [2.75, 3.05) is 4.90 Å². The standard InChI is InChI=1S/C23H26N4O/c1-15(2)13-21(28)26-14-17-9-5-6-10-18(17)23-22(24-25-27(23)16(3)4)19-11-7-8-12-20(19)26/h5-12,15-16H,13-14H2,1-4H3. The van der Waals surface area contributed by atoms with E-state index in [1.807, 2.05) is 46.0 Å². The van der Waals surface area contributed by atoms with E-state index in [0.717, 1.165) is 33.8 Å². The minimum atomic E-state index is 0.136. The number of aromatic nitrogens is 3. The lowest BCUT2D eigenvalue weighted by Gasteiger charge is -2.29. The zero-order valence-corrected chi connectivity index (χ0v) is 16.9. The minimum absolute atomic E-state index is 0.136. The van der Waals surface area contributed by atoms with Gasteiger partial charge >= 0.3 is 0 Å². The van der Waals surface area contributed by atoms with Gasteiger partial charge in [-0.15, -0.1) is 5.10 Å². The van der Waals surface area contributed by atoms with Crippen molar-refractivity contribution >= 4 is 11.6 Å². The molecule has 3 aromatic rings. The normalized spacial score (nSPS) is 13.0. The first-order chi connectivity index (χ1) is 13.5. The topological polar surface area (TPSA) is 51.0 Å². The molecule has 2 heterocycles. The maximum absolute atomic E-state index is 13.2. The third-order valence-corrected chi connectivity index (χ3v) is 5.12. The Morgan fingerprint density at radius 2 is 1.68 bits per heavy atom. The highest BCUT2D eigenvalue weighted by atomic mass is 16.2. The van der Waals surface area contributed by atoms with E-state index in [1.54, 1.807) is 0 Å². The van der Waals surface area contributed by atoms with E-state index in [0.29, 0.717) is 18.9 Å². The molecule has 0 unspecified atom stereocenters. The summed E-state index contributed by atoms with van der Waals surface area (Å²) in [5.41, 5.74) is 5.91. The largest absolute Gasteiger partial charge is 0.307 e. The molecule has 0 aliphatic carbocycles. The van der Waals surface area contributed by atoms with Crippen LogP contribution in [0, 0.1) is 5.92 Å². The predicted octanol–water partition coefficient (Wildman–Crippen LogP) is 5.09. The molecule has 0 N–H and O–H groups in total. The van der Waals surface area contributed by atoms with Crippen LogP contribution in [0.15, 0.2) is 48.5 Å². The summed E-state index contributed by atoms with van der Waals surface area (Å²) in [7, 11) is 0. The van der Waals surface area contributed by atoms with Crippen LogP contribution in [0.1, 0.15) is 45.7 Å². The van der Waals surface area contributed by atoms with Crippen LogP contribution in [0.4, 0.5) is 5.69 Å². The second kappa shape index (κ2) is 7.23. The lowest BCUT2D eigenvalue weighted by molar-refractivity contribution is -0.119. The summed E-state index contributed by atoms with van der Waals surface area (Å²) in [4.78, 5) is 15.1. The summed E-state index contributed by atoms with van der Waals surface area (Å²) in [5.74, 6) is 0.440. The van der Waals surface area contributed by atoms with Gasteiger partial charge in [-0.2, -0.15) is 0 Å². The van der Waals surface area contributed by atoms with Crippen molar-refractivity contribution in [3.63, 3.8) is 0 Å². The molecule has 1 aliphatic heterocycles. The second-order valence-corrected chi connectivity index (χ2v) is 8.08. The molecule has 1 aromatic heterocycles. The summed E-state index contributed by atoms with van der Waals surface area (Å²) < 4.78 is 1.98. The second-order valence-electron chi connectivity index (χ2n) is 8.08. The number of hydrogen-bond acceptors (Lipinski definition) is 3. The molecule has 0 radical (unpaired) electrons. The average molecular weight is 374 g/mol. The number of carbonyl (C=O) groups excluding carboxylic acids is 1. The van der Waals surface area contributed by atoms with Crippen molar-refractivity contribution < 1.29 is 4.79 Å². The summed E-state index contributed by atoms with van der Waals surface area (Å²) >= 11 is 0. The molecule has 2 aromatic carbocycles. The van der Waals surface area contributed by atoms with Gasteiger partial charge in [0.1, 0.15) is 5.69 Å². The van der Waals surface area contributed by atoms with E-state index in [4.69, 9.17) is 0 Å². The van der Waals surface area contributed by atoms with Crippen LogP contribution in [0.5, 0.6) is 0 Å². The fourth-order valence-electron chi connectivity index (χ4n) is 3.82. The quantitative estimate of drug-likeness (QED) is 0.642. The third kappa shape index (κ3) is 3.11. The van der Waals surface area contributed by atoms with Crippen LogP contribution in [0.3, 0.4) is 0 Å². The van der Waals surface area contributed by atoms with Gasteiger partial charge in [0.15, 0.2) is 0 Å². The van der Waals surface area contributed by atoms with Gasteiger partial charge in [0, 0.05) is 23.6 Å². The van der Waals surface area contributed by atoms with Gasteiger partial charge in [0.05, 0.1) is 17.9 Å². The van der Waals surface area contributed by atoms with Crippen LogP contribution in [0.25, 0.3) is 22.5 Å². The highest BCUT2D eigenvalue weighted by molar-refractivity contribution is 6.00. The third-order valence-electron chi connectivity index (χ3n) is 5.12. The van der Waals surface area contributed by atoms with Gasteiger partial charge in [0.2, 0.25) is 5.91 Å². The van der Waals surface area contributed by atoms with Gasteiger partial charge in [-0.1, -0.05) is 61.5 Å². The number of amides is 1. The van der Waals surface area contributed by atoms with Crippen molar-refractivity contribution in [1.82, 2.24) is 15.0 Å². The Balaban J connectivity index is 2.00. The first-order valence-corrected chi connectivity index (χ1v) is 9.90. The number of carbonyl (C=O) groups is 1. The molecule has 0 spiro atoms. The molecule has 5 nitrogen and oxygen atoms in total. The summed E-state index contributed by atoms with van der Waals surface area (Å²) in [6, 6.07) is 16.5. The van der Waals surface area contributed by atoms with Gasteiger partial charge in [-0.05, 0) is 31.4 Å². The number of para-hydroxylation sites is 1. The molecule has 28 heavy (non-hydrogen) atoms. The van der Waals surface area contributed by atoms with E-state index in [2.05, 4.69) is 50.1 Å². The van der Waals surface area contributed by atoms with Crippen LogP contribution >= 0.6 is 0 Å². The summed E-state index contributed by atoms with van der Waals surface area (Å²) in [6.45, 7) is 8.92. The van der Waals surface area contributed by atoms with Crippen molar-refractivity contribution in [2.45, 2.75) is 46.7 Å². The van der Waals surface area contributed by atoms with E-state index >= 15 is 0 Å². The molecule has 0 fully saturated rings. The minimum Gasteiger partial charge on any atom is -0.307 e. The highest BCUT2D eigenvalue weighted by Crippen LogP contribution is 2.41. The van der Waals surface area contributed by atoms with Gasteiger partial charge in [-0.3, -0.25) is 4.79 Å². The Kier molecular flexibility index (Phi) is 4.75. The molecule has 1 aliphatic rings. The van der Waals surface area contributed by atoms with Crippen LogP contribution < -0.4 is 4.90 Å². The van der Waals surface area contributed by atoms with Crippen molar-refractivity contribution in [3.8, 4) is 22.5 Å². The number of nitrogens with zero attached hydrogens (tertiary/aromatic N) is 4. The van der Waals surface area contributed by atoms with Crippen molar-refractivity contribution in [2.24, 2.45) is 5.92 Å². The number of anilines is 1. The smallest absolute Gasteiger partial charge is 0.227 e. The first-order valence-electron chi connectivity index (χ1n) is 9.90. The van der Waals surface area contributed by atoms with E-state index in [-0.39, 0.29) is 11.9 Å². The zero-order valence-electron chi connectivity index (χ0n) is 16.9. The molecule has 0 atom stereocenters. The number of hydrogen-bond donors (Lipinski definition) is 0. The molecule has 144 valence electrons. The summed E-state index contributed by atoms with van der Waals surface area (Å²) in [6.07, 6.45) is 0.516. The van der Waals surface area contributed by atoms with E-state index in [9.17, 15) is 4.79 Å². The van der Waals surface area contributed by atoms with E-state index in [1.165, 1.54) is 0 Å². The molecule has 4 rings (SSSR count). The van der Waals surface area contributed by atoms with Crippen molar-refractivity contribution in [3.05, 3.63) is 54.1 Å². The SMILES string of the molecule is CC(C)CC(=O)N1Cc2ccccc2-c2c(nnn2C(C)C)-c2ccccc21. The molecule has 0 saturated carbocycles. The number of benzene rings is 2. The Morgan fingerprint density at radius 3 is 2.39 bits per heavy atom. The lowest BCUT2D eigenvalue weighted by Crippen LogP contribution is -2.32. The van der Waals surface area contributed by atoms with Gasteiger partial charge < -0.3 is 4.90 Å². The number of rotatable bonds is 3. The maximum atomic E-state index is 13.2. The van der Waals surface area contributed by atoms with Gasteiger partial charge in [-0.25, -0.2) is 4.68 Å². The molecule has 0 bridgehead atoms. The highest BCUT2D eigenvalue weighted by Gasteiger charge is 2.29. The van der Waals surface area contributed by atoms with E-state index < -0.39 is 0 Å². The summed E-state index contributed by atoms with van der Waals surface area (Å²) in [5, 5.41) is 9.01. The molecule has 5 heteroatoms. The van der Waals surface area contributed by atoms with Crippen LogP contribution in [-0.4, -0.2) is 20.9 Å². The Bertz CT molecular complexity index is 1020. The first kappa shape index (κ1) is 18.4. The Hall–Kier alpha value is -2.95. The van der Waals surface area contributed by atoms with Crippen molar-refractivity contribution in [1.29, 1.82) is 0 Å². The monoisotopic (exact) mass is 374 g/mol. The molecular weight excluding hydrogens is 348 g/mol. The Labute approximate surface area is 166 Å². The Morgan fingerprint density at radius 1 is 1.00 bits per heavy atom. The molecule has 1 amide bonds. The number of fused-ring (bicyclic) bond motifs is 5. The fraction of sp³-hybridized carbons (Fsp3) is 0.348.